The SMILES string of the molecule is CCOc1cccc(C[NH2+]CCOC)c1. The zero-order valence-electron chi connectivity index (χ0n) is 9.53. The molecule has 0 spiro atoms. The van der Waals surface area contributed by atoms with Gasteiger partial charge in [0.2, 0.25) is 0 Å². The van der Waals surface area contributed by atoms with E-state index in [1.807, 2.05) is 19.1 Å². The maximum absolute atomic E-state index is 5.44. The molecule has 0 saturated carbocycles. The largest absolute Gasteiger partial charge is 0.494 e. The van der Waals surface area contributed by atoms with Gasteiger partial charge in [0.05, 0.1) is 19.8 Å². The van der Waals surface area contributed by atoms with Gasteiger partial charge >= 0.3 is 0 Å². The summed E-state index contributed by atoms with van der Waals surface area (Å²) in [7, 11) is 1.73. The molecule has 0 aliphatic heterocycles. The van der Waals surface area contributed by atoms with E-state index < -0.39 is 0 Å². The van der Waals surface area contributed by atoms with Crippen LogP contribution in [0.2, 0.25) is 0 Å². The Morgan fingerprint density at radius 2 is 2.20 bits per heavy atom. The Kier molecular flexibility index (Phi) is 5.81. The van der Waals surface area contributed by atoms with Gasteiger partial charge < -0.3 is 14.8 Å². The highest BCUT2D eigenvalue weighted by molar-refractivity contribution is 5.27. The fraction of sp³-hybridized carbons (Fsp3) is 0.500. The molecule has 0 saturated heterocycles. The lowest BCUT2D eigenvalue weighted by molar-refractivity contribution is -0.671. The summed E-state index contributed by atoms with van der Waals surface area (Å²) < 4.78 is 10.4. The molecule has 3 nitrogen and oxygen atoms in total. The summed E-state index contributed by atoms with van der Waals surface area (Å²) in [6.07, 6.45) is 0. The zero-order valence-corrected chi connectivity index (χ0v) is 9.53. The molecular weight excluding hydrogens is 190 g/mol. The predicted molar refractivity (Wildman–Crippen MR) is 60.0 cm³/mol. The average molecular weight is 210 g/mol. The third-order valence-electron chi connectivity index (χ3n) is 2.12. The highest BCUT2D eigenvalue weighted by Gasteiger charge is 1.97. The van der Waals surface area contributed by atoms with Crippen molar-refractivity contribution in [3.63, 3.8) is 0 Å². The van der Waals surface area contributed by atoms with Crippen molar-refractivity contribution in [3.05, 3.63) is 29.8 Å². The Labute approximate surface area is 91.4 Å². The lowest BCUT2D eigenvalue weighted by atomic mass is 10.2. The maximum Gasteiger partial charge on any atom is 0.119 e. The highest BCUT2D eigenvalue weighted by atomic mass is 16.5. The van der Waals surface area contributed by atoms with E-state index in [0.717, 1.165) is 32.1 Å². The molecule has 0 atom stereocenters. The first-order valence-corrected chi connectivity index (χ1v) is 5.39. The Bertz CT molecular complexity index is 276. The van der Waals surface area contributed by atoms with Crippen molar-refractivity contribution in [1.82, 2.24) is 0 Å². The maximum atomic E-state index is 5.44. The summed E-state index contributed by atoms with van der Waals surface area (Å²) in [5.74, 6) is 0.954. The quantitative estimate of drug-likeness (QED) is 0.675. The van der Waals surface area contributed by atoms with Gasteiger partial charge in [-0.05, 0) is 19.1 Å². The van der Waals surface area contributed by atoms with Gasteiger partial charge in [0.1, 0.15) is 12.3 Å². The number of hydrogen-bond donors (Lipinski definition) is 1. The van der Waals surface area contributed by atoms with Crippen LogP contribution in [0.5, 0.6) is 5.75 Å². The lowest BCUT2D eigenvalue weighted by Gasteiger charge is -2.05. The van der Waals surface area contributed by atoms with Crippen LogP contribution >= 0.6 is 0 Å². The van der Waals surface area contributed by atoms with Crippen molar-refractivity contribution in [2.75, 3.05) is 26.9 Å². The van der Waals surface area contributed by atoms with Crippen molar-refractivity contribution in [1.29, 1.82) is 0 Å². The van der Waals surface area contributed by atoms with Gasteiger partial charge in [-0.15, -0.1) is 0 Å². The molecule has 1 aromatic rings. The van der Waals surface area contributed by atoms with Crippen LogP contribution in [0.25, 0.3) is 0 Å². The van der Waals surface area contributed by atoms with Crippen LogP contribution in [0.4, 0.5) is 0 Å². The monoisotopic (exact) mass is 210 g/mol. The van der Waals surface area contributed by atoms with Gasteiger partial charge in [0, 0.05) is 12.7 Å². The second kappa shape index (κ2) is 7.26. The number of methoxy groups -OCH3 is 1. The molecule has 0 bridgehead atoms. The van der Waals surface area contributed by atoms with E-state index in [0.29, 0.717) is 0 Å². The van der Waals surface area contributed by atoms with E-state index in [4.69, 9.17) is 9.47 Å². The fourth-order valence-electron chi connectivity index (χ4n) is 1.40. The summed E-state index contributed by atoms with van der Waals surface area (Å²) in [6.45, 7) is 5.49. The van der Waals surface area contributed by atoms with Gasteiger partial charge in [-0.1, -0.05) is 12.1 Å². The van der Waals surface area contributed by atoms with Crippen molar-refractivity contribution in [2.45, 2.75) is 13.5 Å². The Morgan fingerprint density at radius 3 is 2.93 bits per heavy atom. The third kappa shape index (κ3) is 4.81. The molecule has 0 unspecified atom stereocenters. The number of benzene rings is 1. The first-order chi connectivity index (χ1) is 7.36. The van der Waals surface area contributed by atoms with Gasteiger partial charge in [0.15, 0.2) is 0 Å². The standard InChI is InChI=1S/C12H19NO2/c1-3-15-12-6-4-5-11(9-12)10-13-7-8-14-2/h4-6,9,13H,3,7-8,10H2,1-2H3/p+1. The van der Waals surface area contributed by atoms with Gasteiger partial charge in [0.25, 0.3) is 0 Å². The fourth-order valence-corrected chi connectivity index (χ4v) is 1.40. The second-order valence-corrected chi connectivity index (χ2v) is 3.35. The molecule has 0 heterocycles. The highest BCUT2D eigenvalue weighted by Crippen LogP contribution is 2.12. The van der Waals surface area contributed by atoms with Crippen LogP contribution in [0, 0.1) is 0 Å². The van der Waals surface area contributed by atoms with E-state index in [9.17, 15) is 0 Å². The first-order valence-electron chi connectivity index (χ1n) is 5.39. The van der Waals surface area contributed by atoms with Crippen LogP contribution < -0.4 is 10.1 Å². The molecule has 84 valence electrons. The zero-order chi connectivity index (χ0) is 10.9. The van der Waals surface area contributed by atoms with Crippen LogP contribution in [0.15, 0.2) is 24.3 Å². The third-order valence-corrected chi connectivity index (χ3v) is 2.12. The van der Waals surface area contributed by atoms with E-state index in [-0.39, 0.29) is 0 Å². The minimum absolute atomic E-state index is 0.719. The summed E-state index contributed by atoms with van der Waals surface area (Å²) in [5, 5.41) is 2.23. The molecule has 15 heavy (non-hydrogen) atoms. The summed E-state index contributed by atoms with van der Waals surface area (Å²) >= 11 is 0. The molecule has 3 heteroatoms. The molecule has 0 aromatic heterocycles. The Balaban J connectivity index is 2.36. The van der Waals surface area contributed by atoms with Crippen LogP contribution in [0.1, 0.15) is 12.5 Å². The summed E-state index contributed by atoms with van der Waals surface area (Å²) in [4.78, 5) is 0. The molecule has 0 aliphatic carbocycles. The van der Waals surface area contributed by atoms with Gasteiger partial charge in [-0.3, -0.25) is 0 Å². The topological polar surface area (TPSA) is 35.1 Å². The normalized spacial score (nSPS) is 10.3. The van der Waals surface area contributed by atoms with E-state index in [1.165, 1.54) is 5.56 Å². The molecule has 0 radical (unpaired) electrons. The van der Waals surface area contributed by atoms with Crippen molar-refractivity contribution in [3.8, 4) is 5.75 Å². The van der Waals surface area contributed by atoms with Crippen molar-refractivity contribution >= 4 is 0 Å². The number of quaternary nitrogens is 1. The lowest BCUT2D eigenvalue weighted by Crippen LogP contribution is -2.83. The van der Waals surface area contributed by atoms with Crippen LogP contribution in [0.3, 0.4) is 0 Å². The molecule has 1 aromatic carbocycles. The number of hydrogen-bond acceptors (Lipinski definition) is 2. The second-order valence-electron chi connectivity index (χ2n) is 3.35. The molecule has 2 N–H and O–H groups in total. The number of ether oxygens (including phenoxy) is 2. The number of nitrogens with two attached hydrogens (primary N) is 1. The van der Waals surface area contributed by atoms with Crippen molar-refractivity contribution in [2.24, 2.45) is 0 Å². The van der Waals surface area contributed by atoms with Crippen LogP contribution in [-0.4, -0.2) is 26.9 Å². The Morgan fingerprint density at radius 1 is 1.33 bits per heavy atom. The summed E-state index contributed by atoms with van der Waals surface area (Å²) in [6, 6.07) is 8.23. The Hall–Kier alpha value is -1.06. The molecule has 0 aliphatic rings. The van der Waals surface area contributed by atoms with E-state index in [1.54, 1.807) is 7.11 Å². The molecular formula is C12H20NO2+. The minimum Gasteiger partial charge on any atom is -0.494 e. The number of rotatable bonds is 7. The smallest absolute Gasteiger partial charge is 0.119 e. The average Bonchev–Trinajstić information content (AvgIpc) is 2.26. The summed E-state index contributed by atoms with van der Waals surface area (Å²) in [5.41, 5.74) is 1.29. The molecule has 0 amide bonds. The van der Waals surface area contributed by atoms with Gasteiger partial charge in [-0.2, -0.15) is 0 Å². The van der Waals surface area contributed by atoms with Crippen molar-refractivity contribution < 1.29 is 14.8 Å². The van der Waals surface area contributed by atoms with Gasteiger partial charge in [-0.25, -0.2) is 0 Å². The molecule has 1 rings (SSSR count). The van der Waals surface area contributed by atoms with Crippen LogP contribution in [-0.2, 0) is 11.3 Å². The first kappa shape index (κ1) is 12.0. The van der Waals surface area contributed by atoms with E-state index >= 15 is 0 Å². The minimum atomic E-state index is 0.719. The van der Waals surface area contributed by atoms with E-state index in [2.05, 4.69) is 17.4 Å². The predicted octanol–water partition coefficient (Wildman–Crippen LogP) is 0.795. The molecule has 0 fully saturated rings.